The Kier molecular flexibility index (Phi) is 6.76. The van der Waals surface area contributed by atoms with Crippen LogP contribution in [-0.4, -0.2) is 38.6 Å². The van der Waals surface area contributed by atoms with E-state index in [4.69, 9.17) is 14.2 Å². The highest BCUT2D eigenvalue weighted by atomic mass is 16.5. The Hall–Kier alpha value is -3.55. The van der Waals surface area contributed by atoms with Crippen molar-refractivity contribution in [3.05, 3.63) is 48.0 Å². The van der Waals surface area contributed by atoms with Crippen molar-refractivity contribution in [1.29, 1.82) is 0 Å². The summed E-state index contributed by atoms with van der Waals surface area (Å²) in [6.45, 7) is 0.904. The van der Waals surface area contributed by atoms with Crippen LogP contribution >= 0.6 is 0 Å². The molecular formula is C19H20N2O6. The second-order valence-electron chi connectivity index (χ2n) is 5.45. The summed E-state index contributed by atoms with van der Waals surface area (Å²) < 4.78 is 15.2. The van der Waals surface area contributed by atoms with Crippen LogP contribution in [0.15, 0.2) is 42.5 Å². The molecule has 0 bridgehead atoms. The van der Waals surface area contributed by atoms with Crippen molar-refractivity contribution in [2.45, 2.75) is 6.92 Å². The van der Waals surface area contributed by atoms with Gasteiger partial charge in [0.05, 0.1) is 14.2 Å². The molecule has 0 fully saturated rings. The number of anilines is 2. The average molecular weight is 372 g/mol. The maximum atomic E-state index is 12.2. The van der Waals surface area contributed by atoms with Gasteiger partial charge in [-0.2, -0.15) is 0 Å². The second kappa shape index (κ2) is 9.23. The number of benzene rings is 2. The van der Waals surface area contributed by atoms with Crippen molar-refractivity contribution in [1.82, 2.24) is 0 Å². The quantitative estimate of drug-likeness (QED) is 0.724. The van der Waals surface area contributed by atoms with Crippen LogP contribution in [0.2, 0.25) is 0 Å². The van der Waals surface area contributed by atoms with Gasteiger partial charge in [0.15, 0.2) is 6.61 Å². The van der Waals surface area contributed by atoms with Gasteiger partial charge in [0, 0.05) is 18.3 Å². The molecule has 0 aromatic heterocycles. The van der Waals surface area contributed by atoms with Crippen LogP contribution in [0.25, 0.3) is 0 Å². The molecule has 2 aromatic rings. The molecule has 0 saturated carbocycles. The van der Waals surface area contributed by atoms with E-state index in [1.807, 2.05) is 0 Å². The van der Waals surface area contributed by atoms with Crippen LogP contribution in [0.3, 0.4) is 0 Å². The van der Waals surface area contributed by atoms with Crippen molar-refractivity contribution in [3.8, 4) is 11.5 Å². The van der Waals surface area contributed by atoms with E-state index in [0.717, 1.165) is 0 Å². The number of nitrogens with one attached hydrogen (secondary N) is 2. The number of esters is 1. The van der Waals surface area contributed by atoms with Crippen molar-refractivity contribution in [2.75, 3.05) is 31.5 Å². The molecule has 0 aliphatic carbocycles. The van der Waals surface area contributed by atoms with Gasteiger partial charge in [0.25, 0.3) is 5.91 Å². The minimum absolute atomic E-state index is 0.150. The number of ether oxygens (including phenoxy) is 3. The lowest BCUT2D eigenvalue weighted by Gasteiger charge is -2.11. The first-order valence-corrected chi connectivity index (χ1v) is 7.99. The fourth-order valence-corrected chi connectivity index (χ4v) is 2.26. The van der Waals surface area contributed by atoms with E-state index in [2.05, 4.69) is 10.6 Å². The number of rotatable bonds is 7. The van der Waals surface area contributed by atoms with Gasteiger partial charge in [-0.25, -0.2) is 4.79 Å². The van der Waals surface area contributed by atoms with Gasteiger partial charge in [0.2, 0.25) is 5.91 Å². The fourth-order valence-electron chi connectivity index (χ4n) is 2.26. The van der Waals surface area contributed by atoms with Crippen LogP contribution in [0, 0.1) is 0 Å². The van der Waals surface area contributed by atoms with E-state index >= 15 is 0 Å². The summed E-state index contributed by atoms with van der Waals surface area (Å²) in [4.78, 5) is 35.3. The molecule has 27 heavy (non-hydrogen) atoms. The molecule has 2 rings (SSSR count). The zero-order valence-electron chi connectivity index (χ0n) is 15.2. The summed E-state index contributed by atoms with van der Waals surface area (Å²) in [5.41, 5.74) is 1.15. The van der Waals surface area contributed by atoms with E-state index < -0.39 is 18.5 Å². The highest BCUT2D eigenvalue weighted by Crippen LogP contribution is 2.24. The maximum absolute atomic E-state index is 12.2. The van der Waals surface area contributed by atoms with Crippen LogP contribution < -0.4 is 20.1 Å². The van der Waals surface area contributed by atoms with Crippen LogP contribution in [0.1, 0.15) is 17.3 Å². The molecule has 0 spiro atoms. The Morgan fingerprint density at radius 1 is 0.926 bits per heavy atom. The van der Waals surface area contributed by atoms with Crippen LogP contribution in [0.5, 0.6) is 11.5 Å². The zero-order valence-corrected chi connectivity index (χ0v) is 15.2. The van der Waals surface area contributed by atoms with Gasteiger partial charge < -0.3 is 24.8 Å². The molecule has 142 valence electrons. The first-order chi connectivity index (χ1) is 12.9. The SMILES string of the molecule is COc1ccc(OC)c(C(=O)OCC(=O)Nc2cccc(NC(C)=O)c2)c1. The number of carbonyl (C=O) groups is 3. The van der Waals surface area contributed by atoms with Crippen molar-refractivity contribution in [3.63, 3.8) is 0 Å². The van der Waals surface area contributed by atoms with Crippen LogP contribution in [0.4, 0.5) is 11.4 Å². The van der Waals surface area contributed by atoms with Gasteiger partial charge in [-0.1, -0.05) is 6.07 Å². The number of hydrogen-bond donors (Lipinski definition) is 2. The summed E-state index contributed by atoms with van der Waals surface area (Å²) in [5.74, 6) is -0.691. The third-order valence-electron chi connectivity index (χ3n) is 3.43. The topological polar surface area (TPSA) is 103 Å². The third kappa shape index (κ3) is 5.74. The highest BCUT2D eigenvalue weighted by molar-refractivity contribution is 5.97. The molecule has 0 saturated heterocycles. The summed E-state index contributed by atoms with van der Waals surface area (Å²) in [7, 11) is 2.90. The lowest BCUT2D eigenvalue weighted by atomic mass is 10.2. The molecule has 2 aromatic carbocycles. The van der Waals surface area contributed by atoms with E-state index in [1.165, 1.54) is 27.2 Å². The molecule has 2 amide bonds. The molecule has 0 atom stereocenters. The minimum atomic E-state index is -0.715. The predicted molar refractivity (Wildman–Crippen MR) is 99.2 cm³/mol. The predicted octanol–water partition coefficient (Wildman–Crippen LogP) is 2.46. The van der Waals surface area contributed by atoms with Gasteiger partial charge in [-0.3, -0.25) is 9.59 Å². The normalized spacial score (nSPS) is 9.89. The number of hydrogen-bond acceptors (Lipinski definition) is 6. The smallest absolute Gasteiger partial charge is 0.342 e. The van der Waals surface area contributed by atoms with E-state index in [0.29, 0.717) is 22.9 Å². The largest absolute Gasteiger partial charge is 0.497 e. The van der Waals surface area contributed by atoms with Gasteiger partial charge in [-0.15, -0.1) is 0 Å². The molecule has 0 aliphatic heterocycles. The van der Waals surface area contributed by atoms with E-state index in [-0.39, 0.29) is 11.5 Å². The lowest BCUT2D eigenvalue weighted by molar-refractivity contribution is -0.119. The molecule has 2 N–H and O–H groups in total. The monoisotopic (exact) mass is 372 g/mol. The first-order valence-electron chi connectivity index (χ1n) is 7.99. The standard InChI is InChI=1S/C19H20N2O6/c1-12(22)20-13-5-4-6-14(9-13)21-18(23)11-27-19(24)16-10-15(25-2)7-8-17(16)26-3/h4-10H,11H2,1-3H3,(H,20,22)(H,21,23). The molecule has 0 radical (unpaired) electrons. The lowest BCUT2D eigenvalue weighted by Crippen LogP contribution is -2.21. The van der Waals surface area contributed by atoms with Gasteiger partial charge >= 0.3 is 5.97 Å². The molecule has 8 nitrogen and oxygen atoms in total. The third-order valence-corrected chi connectivity index (χ3v) is 3.43. The summed E-state index contributed by atoms with van der Waals surface area (Å²) >= 11 is 0. The van der Waals surface area contributed by atoms with Crippen LogP contribution in [-0.2, 0) is 14.3 Å². The van der Waals surface area contributed by atoms with E-state index in [9.17, 15) is 14.4 Å². The molecule has 0 heterocycles. The van der Waals surface area contributed by atoms with Crippen molar-refractivity contribution >= 4 is 29.2 Å². The van der Waals surface area contributed by atoms with Gasteiger partial charge in [-0.05, 0) is 36.4 Å². The number of amides is 2. The Balaban J connectivity index is 1.97. The Morgan fingerprint density at radius 2 is 1.63 bits per heavy atom. The van der Waals surface area contributed by atoms with E-state index in [1.54, 1.807) is 36.4 Å². The Bertz CT molecular complexity index is 850. The molecular weight excluding hydrogens is 352 g/mol. The molecule has 0 aliphatic rings. The molecule has 8 heteroatoms. The maximum Gasteiger partial charge on any atom is 0.342 e. The zero-order chi connectivity index (χ0) is 19.8. The highest BCUT2D eigenvalue weighted by Gasteiger charge is 2.16. The van der Waals surface area contributed by atoms with Crippen molar-refractivity contribution in [2.24, 2.45) is 0 Å². The number of methoxy groups -OCH3 is 2. The summed E-state index contributed by atoms with van der Waals surface area (Å²) in [5, 5.41) is 5.20. The summed E-state index contributed by atoms with van der Waals surface area (Å²) in [6.07, 6.45) is 0. The fraction of sp³-hybridized carbons (Fsp3) is 0.211. The van der Waals surface area contributed by atoms with Gasteiger partial charge in [0.1, 0.15) is 17.1 Å². The van der Waals surface area contributed by atoms with Crippen molar-refractivity contribution < 1.29 is 28.6 Å². The summed E-state index contributed by atoms with van der Waals surface area (Å²) in [6, 6.07) is 11.3. The first kappa shape index (κ1) is 19.8. The minimum Gasteiger partial charge on any atom is -0.497 e. The Morgan fingerprint density at radius 3 is 2.26 bits per heavy atom. The molecule has 0 unspecified atom stereocenters. The second-order valence-corrected chi connectivity index (χ2v) is 5.45. The Labute approximate surface area is 156 Å². The average Bonchev–Trinajstić information content (AvgIpc) is 2.65. The number of carbonyl (C=O) groups excluding carboxylic acids is 3.